The standard InChI is InChI=1S/C29H36Cl2N2O2/c1-7-9-10-11-14-28(3,4)19-15-24(34-8-2)26-25(16-19)35-29(5,6)21-18-32-33(27(21)26)20-12-13-22(30)23(31)17-20/h12-13,15-18H,7-11,14H2,1-6H3. The average molecular weight is 516 g/mol. The number of hydrogen-bond acceptors (Lipinski definition) is 3. The van der Waals surface area contributed by atoms with Crippen molar-refractivity contribution in [2.45, 2.75) is 84.7 Å². The van der Waals surface area contributed by atoms with Crippen molar-refractivity contribution in [2.24, 2.45) is 0 Å². The van der Waals surface area contributed by atoms with Crippen LogP contribution < -0.4 is 9.47 Å². The van der Waals surface area contributed by atoms with Gasteiger partial charge < -0.3 is 9.47 Å². The third-order valence-electron chi connectivity index (χ3n) is 6.97. The number of unbranched alkanes of at least 4 members (excludes halogenated alkanes) is 3. The van der Waals surface area contributed by atoms with Gasteiger partial charge in [-0.2, -0.15) is 5.10 Å². The molecule has 0 aliphatic carbocycles. The lowest BCUT2D eigenvalue weighted by atomic mass is 9.78. The van der Waals surface area contributed by atoms with Gasteiger partial charge >= 0.3 is 0 Å². The zero-order valence-electron chi connectivity index (χ0n) is 21.7. The molecule has 0 atom stereocenters. The fourth-order valence-corrected chi connectivity index (χ4v) is 5.17. The Hall–Kier alpha value is -2.17. The lowest BCUT2D eigenvalue weighted by Gasteiger charge is -2.35. The number of hydrogen-bond donors (Lipinski definition) is 0. The zero-order valence-corrected chi connectivity index (χ0v) is 23.2. The Balaban J connectivity index is 1.87. The Morgan fingerprint density at radius 2 is 1.80 bits per heavy atom. The second kappa shape index (κ2) is 10.1. The zero-order chi connectivity index (χ0) is 25.4. The smallest absolute Gasteiger partial charge is 0.134 e. The van der Waals surface area contributed by atoms with Gasteiger partial charge in [-0.25, -0.2) is 4.68 Å². The highest BCUT2D eigenvalue weighted by Crippen LogP contribution is 2.52. The number of benzene rings is 2. The summed E-state index contributed by atoms with van der Waals surface area (Å²) in [4.78, 5) is 0. The molecule has 2 aromatic carbocycles. The SMILES string of the molecule is CCCCCCC(C)(C)c1cc(OCC)c2c(c1)OC(C)(C)c1cnn(-c3ccc(Cl)c(Cl)c3)c1-2. The van der Waals surface area contributed by atoms with E-state index in [4.69, 9.17) is 37.8 Å². The van der Waals surface area contributed by atoms with E-state index in [-0.39, 0.29) is 5.41 Å². The molecule has 0 bridgehead atoms. The highest BCUT2D eigenvalue weighted by Gasteiger charge is 2.39. The third-order valence-corrected chi connectivity index (χ3v) is 7.71. The van der Waals surface area contributed by atoms with Gasteiger partial charge in [-0.1, -0.05) is 69.7 Å². The van der Waals surface area contributed by atoms with Gasteiger partial charge in [-0.15, -0.1) is 0 Å². The van der Waals surface area contributed by atoms with Crippen LogP contribution in [-0.2, 0) is 11.0 Å². The molecule has 0 spiro atoms. The molecule has 0 amide bonds. The lowest BCUT2D eigenvalue weighted by Crippen LogP contribution is -2.30. The first-order chi connectivity index (χ1) is 16.6. The molecule has 0 saturated carbocycles. The summed E-state index contributed by atoms with van der Waals surface area (Å²) in [6.07, 6.45) is 7.99. The molecule has 0 N–H and O–H groups in total. The Morgan fingerprint density at radius 3 is 2.49 bits per heavy atom. The molecular weight excluding hydrogens is 479 g/mol. The number of aromatic nitrogens is 2. The third kappa shape index (κ3) is 5.06. The predicted octanol–water partition coefficient (Wildman–Crippen LogP) is 9.12. The largest absolute Gasteiger partial charge is 0.493 e. The van der Waals surface area contributed by atoms with Gasteiger partial charge in [-0.05, 0) is 68.5 Å². The van der Waals surface area contributed by atoms with E-state index in [0.717, 1.165) is 40.4 Å². The van der Waals surface area contributed by atoms with Gasteiger partial charge in [0.25, 0.3) is 0 Å². The van der Waals surface area contributed by atoms with Gasteiger partial charge in [-0.3, -0.25) is 0 Å². The van der Waals surface area contributed by atoms with Crippen molar-refractivity contribution < 1.29 is 9.47 Å². The van der Waals surface area contributed by atoms with E-state index in [1.807, 2.05) is 29.9 Å². The van der Waals surface area contributed by atoms with Crippen molar-refractivity contribution in [3.8, 4) is 28.4 Å². The lowest BCUT2D eigenvalue weighted by molar-refractivity contribution is 0.105. The summed E-state index contributed by atoms with van der Waals surface area (Å²) in [5.74, 6) is 1.65. The number of halogens is 2. The minimum Gasteiger partial charge on any atom is -0.493 e. The normalized spacial score (nSPS) is 14.3. The second-order valence-corrected chi connectivity index (χ2v) is 11.3. The van der Waals surface area contributed by atoms with Gasteiger partial charge in [0.2, 0.25) is 0 Å². The Bertz CT molecular complexity index is 1210. The van der Waals surface area contributed by atoms with E-state index in [0.29, 0.717) is 16.7 Å². The first kappa shape index (κ1) is 25.9. The van der Waals surface area contributed by atoms with E-state index < -0.39 is 5.60 Å². The maximum atomic E-state index is 6.62. The van der Waals surface area contributed by atoms with Crippen LogP contribution in [0.2, 0.25) is 10.0 Å². The molecule has 4 nitrogen and oxygen atoms in total. The number of nitrogens with zero attached hydrogens (tertiary/aromatic N) is 2. The quantitative estimate of drug-likeness (QED) is 0.267. The topological polar surface area (TPSA) is 36.3 Å². The fourth-order valence-electron chi connectivity index (χ4n) is 4.87. The van der Waals surface area contributed by atoms with Gasteiger partial charge in [0.1, 0.15) is 17.1 Å². The first-order valence-corrected chi connectivity index (χ1v) is 13.4. The Kier molecular flexibility index (Phi) is 7.45. The molecular formula is C29H36Cl2N2O2. The van der Waals surface area contributed by atoms with E-state index in [1.165, 1.54) is 31.2 Å². The van der Waals surface area contributed by atoms with E-state index in [2.05, 4.69) is 46.8 Å². The van der Waals surface area contributed by atoms with Gasteiger partial charge in [0, 0.05) is 5.56 Å². The van der Waals surface area contributed by atoms with Gasteiger partial charge in [0.15, 0.2) is 0 Å². The van der Waals surface area contributed by atoms with Crippen LogP contribution in [-0.4, -0.2) is 16.4 Å². The number of ether oxygens (including phenoxy) is 2. The molecule has 0 fully saturated rings. The molecule has 188 valence electrons. The van der Waals surface area contributed by atoms with Crippen LogP contribution in [0.4, 0.5) is 0 Å². The van der Waals surface area contributed by atoms with Crippen molar-refractivity contribution in [3.05, 3.63) is 57.7 Å². The molecule has 0 unspecified atom stereocenters. The molecule has 4 rings (SSSR count). The summed E-state index contributed by atoms with van der Waals surface area (Å²) < 4.78 is 14.8. The van der Waals surface area contributed by atoms with Crippen molar-refractivity contribution in [1.29, 1.82) is 0 Å². The predicted molar refractivity (Wildman–Crippen MR) is 146 cm³/mol. The molecule has 2 heterocycles. The fraction of sp³-hybridized carbons (Fsp3) is 0.483. The first-order valence-electron chi connectivity index (χ1n) is 12.6. The summed E-state index contributed by atoms with van der Waals surface area (Å²) in [6.45, 7) is 13.6. The van der Waals surface area contributed by atoms with Crippen LogP contribution >= 0.6 is 23.2 Å². The summed E-state index contributed by atoms with van der Waals surface area (Å²) in [5.41, 5.74) is 4.42. The molecule has 6 heteroatoms. The Morgan fingerprint density at radius 1 is 1.03 bits per heavy atom. The molecule has 0 saturated heterocycles. The molecule has 0 radical (unpaired) electrons. The minimum absolute atomic E-state index is 0.00630. The van der Waals surface area contributed by atoms with Crippen LogP contribution in [0, 0.1) is 0 Å². The summed E-state index contributed by atoms with van der Waals surface area (Å²) in [7, 11) is 0. The van der Waals surface area contributed by atoms with Crippen LogP contribution in [0.3, 0.4) is 0 Å². The molecule has 1 aromatic heterocycles. The summed E-state index contributed by atoms with van der Waals surface area (Å²) in [5, 5.41) is 5.75. The van der Waals surface area contributed by atoms with Crippen molar-refractivity contribution >= 4 is 23.2 Å². The average Bonchev–Trinajstić information content (AvgIpc) is 3.24. The van der Waals surface area contributed by atoms with Crippen LogP contribution in [0.15, 0.2) is 36.5 Å². The van der Waals surface area contributed by atoms with Gasteiger partial charge in [0.05, 0.1) is 39.8 Å². The molecule has 1 aliphatic rings. The van der Waals surface area contributed by atoms with Crippen LogP contribution in [0.5, 0.6) is 11.5 Å². The van der Waals surface area contributed by atoms with E-state index in [9.17, 15) is 0 Å². The van der Waals surface area contributed by atoms with E-state index in [1.54, 1.807) is 6.07 Å². The van der Waals surface area contributed by atoms with Crippen LogP contribution in [0.25, 0.3) is 16.9 Å². The van der Waals surface area contributed by atoms with E-state index >= 15 is 0 Å². The number of fused-ring (bicyclic) bond motifs is 3. The Labute approximate surface area is 219 Å². The maximum Gasteiger partial charge on any atom is 0.134 e. The highest BCUT2D eigenvalue weighted by atomic mass is 35.5. The summed E-state index contributed by atoms with van der Waals surface area (Å²) >= 11 is 12.6. The molecule has 3 aromatic rings. The highest BCUT2D eigenvalue weighted by molar-refractivity contribution is 6.42. The molecule has 35 heavy (non-hydrogen) atoms. The number of rotatable bonds is 9. The second-order valence-electron chi connectivity index (χ2n) is 10.5. The maximum absolute atomic E-state index is 6.62. The summed E-state index contributed by atoms with van der Waals surface area (Å²) in [6, 6.07) is 9.96. The molecule has 1 aliphatic heterocycles. The van der Waals surface area contributed by atoms with Crippen molar-refractivity contribution in [3.63, 3.8) is 0 Å². The van der Waals surface area contributed by atoms with Crippen molar-refractivity contribution in [2.75, 3.05) is 6.61 Å². The van der Waals surface area contributed by atoms with Crippen molar-refractivity contribution in [1.82, 2.24) is 9.78 Å². The van der Waals surface area contributed by atoms with Crippen LogP contribution in [0.1, 0.15) is 84.8 Å². The monoisotopic (exact) mass is 514 g/mol. The minimum atomic E-state index is -0.551.